The molecule has 0 radical (unpaired) electrons. The van der Waals surface area contributed by atoms with Crippen LogP contribution in [0.2, 0.25) is 0 Å². The van der Waals surface area contributed by atoms with Crippen LogP contribution < -0.4 is 23.7 Å². The molecule has 0 fully saturated rings. The van der Waals surface area contributed by atoms with Gasteiger partial charge in [0.2, 0.25) is 0 Å². The average Bonchev–Trinajstić information content (AvgIpc) is 3.36. The van der Waals surface area contributed by atoms with E-state index in [1.54, 1.807) is 130 Å². The summed E-state index contributed by atoms with van der Waals surface area (Å²) < 4.78 is 39.6. The van der Waals surface area contributed by atoms with Gasteiger partial charge in [0.05, 0.1) is 24.8 Å². The smallest absolute Gasteiger partial charge is 0.343 e. The normalized spacial score (nSPS) is 11.5. The molecule has 0 heterocycles. The number of esters is 3. The number of carbonyl (C=O) groups excluding carboxylic acids is 5. The third kappa shape index (κ3) is 19.9. The van der Waals surface area contributed by atoms with Gasteiger partial charge in [0.15, 0.2) is 5.78 Å². The van der Waals surface area contributed by atoms with Gasteiger partial charge >= 0.3 is 17.9 Å². The zero-order valence-electron chi connectivity index (χ0n) is 44.5. The van der Waals surface area contributed by atoms with Gasteiger partial charge in [-0.15, -0.1) is 0 Å². The molecule has 13 nitrogen and oxygen atoms in total. The number of ketones is 1. The minimum Gasteiger partial charge on any atom is -0.507 e. The van der Waals surface area contributed by atoms with Crippen LogP contribution in [-0.2, 0) is 19.1 Å². The van der Waals surface area contributed by atoms with Crippen LogP contribution in [-0.4, -0.2) is 71.2 Å². The number of hydrogen-bond acceptors (Lipinski definition) is 13. The van der Waals surface area contributed by atoms with Crippen molar-refractivity contribution in [3.05, 3.63) is 156 Å². The number of benzene rings is 5. The lowest BCUT2D eigenvalue weighted by Gasteiger charge is -2.40. The van der Waals surface area contributed by atoms with Crippen LogP contribution >= 0.6 is 0 Å². The molecule has 0 aliphatic carbocycles. The first kappa shape index (κ1) is 59.2. The van der Waals surface area contributed by atoms with Crippen molar-refractivity contribution >= 4 is 30.0 Å². The molecular weight excluding hydrogens is 941 g/mol. The maximum atomic E-state index is 12.7. The summed E-state index contributed by atoms with van der Waals surface area (Å²) in [6.45, 7) is 19.0. The van der Waals surface area contributed by atoms with Gasteiger partial charge in [-0.05, 0) is 179 Å². The van der Waals surface area contributed by atoms with E-state index in [1.165, 1.54) is 6.07 Å². The highest BCUT2D eigenvalue weighted by molar-refractivity contribution is 6.10. The van der Waals surface area contributed by atoms with Crippen molar-refractivity contribution < 1.29 is 62.2 Å². The number of aromatic hydroxyl groups is 1. The molecule has 0 aliphatic rings. The Kier molecular flexibility index (Phi) is 22.5. The molecule has 0 atom stereocenters. The molecule has 0 aliphatic heterocycles. The van der Waals surface area contributed by atoms with E-state index in [0.29, 0.717) is 71.3 Å². The fourth-order valence-electron chi connectivity index (χ4n) is 7.43. The molecule has 5 rings (SSSR count). The van der Waals surface area contributed by atoms with Gasteiger partial charge in [0.25, 0.3) is 0 Å². The minimum absolute atomic E-state index is 0.124. The third-order valence-corrected chi connectivity index (χ3v) is 12.4. The molecule has 396 valence electrons. The van der Waals surface area contributed by atoms with Crippen LogP contribution in [0.5, 0.6) is 34.5 Å². The number of carbonyl (C=O) groups is 5. The summed E-state index contributed by atoms with van der Waals surface area (Å²) in [7, 11) is 1.58. The summed E-state index contributed by atoms with van der Waals surface area (Å²) >= 11 is 0. The predicted octanol–water partition coefficient (Wildman–Crippen LogP) is 13.5. The van der Waals surface area contributed by atoms with Gasteiger partial charge < -0.3 is 38.3 Å². The largest absolute Gasteiger partial charge is 0.507 e. The highest BCUT2D eigenvalue weighted by Crippen LogP contribution is 2.33. The van der Waals surface area contributed by atoms with E-state index in [1.807, 2.05) is 47.6 Å². The number of phenolic OH excluding ortho intramolecular Hbond substituents is 1. The lowest BCUT2D eigenvalue weighted by molar-refractivity contribution is -0.170. The van der Waals surface area contributed by atoms with Gasteiger partial charge in [0.1, 0.15) is 63.2 Å². The summed E-state index contributed by atoms with van der Waals surface area (Å²) in [5, 5.41) is 10.5. The van der Waals surface area contributed by atoms with Gasteiger partial charge in [-0.1, -0.05) is 56.2 Å². The van der Waals surface area contributed by atoms with E-state index in [9.17, 15) is 29.1 Å². The maximum absolute atomic E-state index is 12.7. The van der Waals surface area contributed by atoms with Crippen molar-refractivity contribution in [3.8, 4) is 34.5 Å². The monoisotopic (exact) mass is 1010 g/mol. The predicted molar refractivity (Wildman–Crippen MR) is 286 cm³/mol. The Morgan fingerprint density at radius 3 is 1.76 bits per heavy atom. The quantitative estimate of drug-likeness (QED) is 0.0125. The Balaban J connectivity index is 0.000000496. The molecule has 0 bridgehead atoms. The Morgan fingerprint density at radius 2 is 1.14 bits per heavy atom. The molecule has 1 N–H and O–H groups in total. The molecule has 0 saturated carbocycles. The van der Waals surface area contributed by atoms with Crippen LogP contribution in [0, 0.1) is 0 Å². The first-order chi connectivity index (χ1) is 35.1. The van der Waals surface area contributed by atoms with Crippen molar-refractivity contribution in [2.24, 2.45) is 0 Å². The third-order valence-electron chi connectivity index (χ3n) is 12.4. The summed E-state index contributed by atoms with van der Waals surface area (Å²) in [4.78, 5) is 59.8. The molecule has 0 saturated heterocycles. The van der Waals surface area contributed by atoms with Crippen molar-refractivity contribution in [3.63, 3.8) is 0 Å². The maximum Gasteiger partial charge on any atom is 0.343 e. The average molecular weight is 1020 g/mol. The summed E-state index contributed by atoms with van der Waals surface area (Å²) in [5.74, 6) is 1.42. The molecule has 74 heavy (non-hydrogen) atoms. The number of rotatable bonds is 28. The highest BCUT2D eigenvalue weighted by atomic mass is 16.6. The van der Waals surface area contributed by atoms with Crippen molar-refractivity contribution in [2.75, 3.05) is 13.7 Å². The number of hydrogen-bond donors (Lipinski definition) is 1. The Labute approximate surface area is 437 Å². The fourth-order valence-corrected chi connectivity index (χ4v) is 7.43. The second-order valence-corrected chi connectivity index (χ2v) is 20.1. The van der Waals surface area contributed by atoms with Crippen LogP contribution in [0.1, 0.15) is 156 Å². The molecule has 5 aromatic rings. The fraction of sp³-hybridized carbons (Fsp3) is 0.393. The van der Waals surface area contributed by atoms with E-state index in [2.05, 4.69) is 6.58 Å². The first-order valence-electron chi connectivity index (χ1n) is 25.1. The molecule has 0 unspecified atom stereocenters. The summed E-state index contributed by atoms with van der Waals surface area (Å²) in [6, 6.07) is 34.1. The lowest BCUT2D eigenvalue weighted by Crippen LogP contribution is -2.52. The number of methoxy groups -OCH3 is 1. The Morgan fingerprint density at radius 1 is 0.568 bits per heavy atom. The number of phenols is 1. The van der Waals surface area contributed by atoms with E-state index >= 15 is 0 Å². The van der Waals surface area contributed by atoms with Crippen LogP contribution in [0.4, 0.5) is 0 Å². The Bertz CT molecular complexity index is 2580. The van der Waals surface area contributed by atoms with Crippen molar-refractivity contribution in [1.82, 2.24) is 0 Å². The molecule has 5 aromatic carbocycles. The van der Waals surface area contributed by atoms with E-state index < -0.39 is 34.3 Å². The van der Waals surface area contributed by atoms with E-state index in [4.69, 9.17) is 33.2 Å². The SMILES string of the molecule is C=CC(=O)OC(C)(C)C(C)(C)Oc1ccc(C=O)cc1.COc1ccc(OC(=O)c2ccc(OCCCCCCCC(C)(C)OC(=O)CCCCC(C)(C)Oc3ccc(C(=O)c4ccccc4)c(O)c3)cc2)cc1. The molecule has 0 spiro atoms. The topological polar surface area (TPSA) is 170 Å². The van der Waals surface area contributed by atoms with Gasteiger partial charge in [-0.2, -0.15) is 0 Å². The number of ether oxygens (including phenoxy) is 7. The van der Waals surface area contributed by atoms with Gasteiger partial charge in [-0.25, -0.2) is 9.59 Å². The minimum atomic E-state index is -0.846. The number of unbranched alkanes of at least 4 members (excludes halogenated alkanes) is 5. The second-order valence-electron chi connectivity index (χ2n) is 20.1. The second kappa shape index (κ2) is 28.2. The molecular formula is C61H74O13. The summed E-state index contributed by atoms with van der Waals surface area (Å²) in [6.07, 6.45) is 10.2. The first-order valence-corrected chi connectivity index (χ1v) is 25.1. The molecule has 13 heteroatoms. The Hall–Kier alpha value is -7.41. The summed E-state index contributed by atoms with van der Waals surface area (Å²) in [5.41, 5.74) is -0.903. The highest BCUT2D eigenvalue weighted by Gasteiger charge is 2.42. The van der Waals surface area contributed by atoms with E-state index in [0.717, 1.165) is 57.3 Å². The van der Waals surface area contributed by atoms with E-state index in [-0.39, 0.29) is 23.1 Å². The molecule has 0 amide bonds. The number of aldehydes is 1. The van der Waals surface area contributed by atoms with Crippen LogP contribution in [0.25, 0.3) is 0 Å². The van der Waals surface area contributed by atoms with Gasteiger partial charge in [-0.3, -0.25) is 14.4 Å². The van der Waals surface area contributed by atoms with Gasteiger partial charge in [0, 0.05) is 29.7 Å². The lowest BCUT2D eigenvalue weighted by atomic mass is 9.89. The van der Waals surface area contributed by atoms with Crippen LogP contribution in [0.3, 0.4) is 0 Å². The van der Waals surface area contributed by atoms with Crippen LogP contribution in [0.15, 0.2) is 134 Å². The van der Waals surface area contributed by atoms with Crippen molar-refractivity contribution in [2.45, 2.75) is 142 Å². The zero-order chi connectivity index (χ0) is 54.4. The molecule has 0 aromatic heterocycles. The zero-order valence-corrected chi connectivity index (χ0v) is 44.5. The van der Waals surface area contributed by atoms with Crippen molar-refractivity contribution in [1.29, 1.82) is 0 Å². The standard InChI is InChI=1S/C45H54O9.C16H20O4/c1-44(2,53-38-27-28-39(40(46)32-38)42(48)33-16-10-9-11-17-33)30-14-12-18-41(47)54-45(3,4)29-13-7-6-8-15-31-51-36-21-19-34(20-22-36)43(49)52-37-25-23-35(50-5)24-26-37;1-6-14(18)20-16(4,5)15(2,3)19-13-9-7-12(11-17)8-10-13/h9-11,16-17,19-28,32,46H,6-8,12-15,18,29-31H2,1-5H3;6-11H,1H2,2-5H3.